The number of benzene rings is 2. The molecule has 34 heavy (non-hydrogen) atoms. The maximum atomic E-state index is 14.5. The lowest BCUT2D eigenvalue weighted by atomic mass is 9.62. The monoisotopic (exact) mass is 472 g/mol. The second-order valence-corrected chi connectivity index (χ2v) is 10.5. The fourth-order valence-corrected chi connectivity index (χ4v) is 6.63. The first kappa shape index (κ1) is 21.5. The number of ether oxygens (including phenoxy) is 1. The fourth-order valence-electron chi connectivity index (χ4n) is 5.97. The highest BCUT2D eigenvalue weighted by Gasteiger charge is 2.44. The molecule has 1 spiro atoms. The van der Waals surface area contributed by atoms with Gasteiger partial charge in [0.25, 0.3) is 5.56 Å². The van der Waals surface area contributed by atoms with Crippen LogP contribution in [0.2, 0.25) is 0 Å². The Bertz CT molecular complexity index is 1450. The molecule has 2 aromatic heterocycles. The molecule has 0 amide bonds. The van der Waals surface area contributed by atoms with Gasteiger partial charge in [0.15, 0.2) is 5.16 Å². The average molecular weight is 473 g/mol. The number of nitrogens with zero attached hydrogens (tertiary/aromatic N) is 4. The van der Waals surface area contributed by atoms with Gasteiger partial charge >= 0.3 is 0 Å². The van der Waals surface area contributed by atoms with Crippen LogP contribution in [0, 0.1) is 0 Å². The Kier molecular flexibility index (Phi) is 5.25. The molecule has 0 aliphatic heterocycles. The molecule has 6 rings (SSSR count). The number of rotatable bonds is 4. The van der Waals surface area contributed by atoms with E-state index in [4.69, 9.17) is 4.74 Å². The van der Waals surface area contributed by atoms with Crippen molar-refractivity contribution < 1.29 is 4.74 Å². The number of hydrogen-bond acceptors (Lipinski definition) is 5. The minimum absolute atomic E-state index is 0.0209. The van der Waals surface area contributed by atoms with Gasteiger partial charge in [-0.3, -0.25) is 9.20 Å². The van der Waals surface area contributed by atoms with E-state index in [2.05, 4.69) is 45.8 Å². The Labute approximate surface area is 203 Å². The van der Waals surface area contributed by atoms with Gasteiger partial charge in [-0.15, -0.1) is 10.2 Å². The summed E-state index contributed by atoms with van der Waals surface area (Å²) in [5, 5.41) is 9.94. The quantitative estimate of drug-likeness (QED) is 0.371. The Morgan fingerprint density at radius 2 is 1.88 bits per heavy atom. The number of methoxy groups -OCH3 is 1. The predicted molar refractivity (Wildman–Crippen MR) is 135 cm³/mol. The van der Waals surface area contributed by atoms with E-state index in [1.165, 1.54) is 12.0 Å². The third-order valence-corrected chi connectivity index (χ3v) is 8.23. The molecule has 2 heterocycles. The first-order chi connectivity index (χ1) is 16.7. The first-order valence-electron chi connectivity index (χ1n) is 12.1. The van der Waals surface area contributed by atoms with Gasteiger partial charge in [-0.25, -0.2) is 4.57 Å². The summed E-state index contributed by atoms with van der Waals surface area (Å²) < 4.78 is 9.36. The van der Waals surface area contributed by atoms with Gasteiger partial charge in [-0.05, 0) is 42.7 Å². The topological polar surface area (TPSA) is 61.4 Å². The summed E-state index contributed by atoms with van der Waals surface area (Å²) in [6, 6.07) is 16.2. The predicted octanol–water partition coefficient (Wildman–Crippen LogP) is 5.43. The van der Waals surface area contributed by atoms with Gasteiger partial charge in [-0.2, -0.15) is 0 Å². The third-order valence-electron chi connectivity index (χ3n) is 7.42. The smallest absolute Gasteiger partial charge is 0.263 e. The van der Waals surface area contributed by atoms with Crippen LogP contribution in [0.4, 0.5) is 0 Å². The van der Waals surface area contributed by atoms with E-state index in [9.17, 15) is 4.79 Å². The number of fused-ring (bicyclic) bond motifs is 6. The molecule has 4 aromatic rings. The normalized spacial score (nSPS) is 16.4. The maximum absolute atomic E-state index is 14.5. The highest BCUT2D eigenvalue weighted by atomic mass is 32.2. The molecular formula is C27H28N4O2S. The van der Waals surface area contributed by atoms with Crippen molar-refractivity contribution in [3.05, 3.63) is 70.0 Å². The molecule has 0 radical (unpaired) electrons. The van der Waals surface area contributed by atoms with Crippen molar-refractivity contribution in [2.24, 2.45) is 0 Å². The van der Waals surface area contributed by atoms with Gasteiger partial charge < -0.3 is 4.74 Å². The van der Waals surface area contributed by atoms with Crippen LogP contribution in [0.1, 0.15) is 50.2 Å². The summed E-state index contributed by atoms with van der Waals surface area (Å²) in [7, 11) is 1.64. The van der Waals surface area contributed by atoms with Gasteiger partial charge in [0.2, 0.25) is 5.78 Å². The summed E-state index contributed by atoms with van der Waals surface area (Å²) in [5.41, 5.74) is 4.98. The highest BCUT2D eigenvalue weighted by Crippen LogP contribution is 2.49. The lowest BCUT2D eigenvalue weighted by molar-refractivity contribution is 0.284. The summed E-state index contributed by atoms with van der Waals surface area (Å²) in [5.74, 6) is 2.14. The average Bonchev–Trinajstić information content (AvgIpc) is 3.27. The highest BCUT2D eigenvalue weighted by molar-refractivity contribution is 7.99. The molecule has 174 valence electrons. The fraction of sp³-hybridized carbons (Fsp3) is 0.370. The van der Waals surface area contributed by atoms with E-state index in [0.29, 0.717) is 11.5 Å². The third kappa shape index (κ3) is 3.13. The van der Waals surface area contributed by atoms with Gasteiger partial charge in [0, 0.05) is 22.6 Å². The zero-order valence-electron chi connectivity index (χ0n) is 19.6. The summed E-state index contributed by atoms with van der Waals surface area (Å²) in [6.07, 6.45) is 6.51. The first-order valence-corrected chi connectivity index (χ1v) is 13.1. The Balaban J connectivity index is 1.78. The Morgan fingerprint density at radius 3 is 2.68 bits per heavy atom. The van der Waals surface area contributed by atoms with E-state index in [1.54, 1.807) is 23.4 Å². The van der Waals surface area contributed by atoms with Crippen LogP contribution in [0.25, 0.3) is 22.7 Å². The zero-order chi connectivity index (χ0) is 23.3. The molecule has 7 heteroatoms. The van der Waals surface area contributed by atoms with Crippen LogP contribution in [-0.2, 0) is 11.8 Å². The molecule has 6 nitrogen and oxygen atoms in total. The van der Waals surface area contributed by atoms with Crippen molar-refractivity contribution >= 4 is 17.5 Å². The SMILES string of the molecule is CCSc1nnc2n(-c3cccc(OC)c3)c(=O)c3c(n12)-c1ccccc1CC31CCCCC1. The van der Waals surface area contributed by atoms with Crippen molar-refractivity contribution in [2.45, 2.75) is 56.0 Å². The van der Waals surface area contributed by atoms with Crippen molar-refractivity contribution in [1.82, 2.24) is 19.2 Å². The number of thioether (sulfide) groups is 1. The molecule has 0 N–H and O–H groups in total. The maximum Gasteiger partial charge on any atom is 0.263 e. The zero-order valence-corrected chi connectivity index (χ0v) is 20.4. The van der Waals surface area contributed by atoms with Crippen molar-refractivity contribution in [3.63, 3.8) is 0 Å². The molecule has 0 saturated heterocycles. The summed E-state index contributed by atoms with van der Waals surface area (Å²) in [4.78, 5) is 14.5. The van der Waals surface area contributed by atoms with Crippen LogP contribution in [0.15, 0.2) is 58.5 Å². The minimum atomic E-state index is -0.160. The molecule has 2 aliphatic rings. The van der Waals surface area contributed by atoms with Crippen LogP contribution >= 0.6 is 11.8 Å². The Hall–Kier alpha value is -3.06. The standard InChI is InChI=1S/C27H28N4O2S/c1-3-34-26-29-28-25-30(19-11-9-12-20(16-19)33-2)24(32)22-23(31(25)26)21-13-6-5-10-18(21)17-27(22)14-7-4-8-15-27/h5-6,9-13,16H,3-4,7-8,14-15,17H2,1-2H3. The summed E-state index contributed by atoms with van der Waals surface area (Å²) in [6.45, 7) is 2.12. The number of aromatic nitrogens is 4. The van der Waals surface area contributed by atoms with Crippen molar-refractivity contribution in [2.75, 3.05) is 12.9 Å². The molecule has 0 atom stereocenters. The molecule has 0 unspecified atom stereocenters. The molecule has 2 aliphatic carbocycles. The van der Waals surface area contributed by atoms with E-state index in [0.717, 1.165) is 65.5 Å². The van der Waals surface area contributed by atoms with Crippen molar-refractivity contribution in [1.29, 1.82) is 0 Å². The second kappa shape index (κ2) is 8.31. The van der Waals surface area contributed by atoms with Gasteiger partial charge in [0.05, 0.1) is 18.5 Å². The van der Waals surface area contributed by atoms with Gasteiger partial charge in [-0.1, -0.05) is 68.3 Å². The largest absolute Gasteiger partial charge is 0.497 e. The second-order valence-electron chi connectivity index (χ2n) is 9.29. The van der Waals surface area contributed by atoms with Crippen LogP contribution in [-0.4, -0.2) is 32.0 Å². The van der Waals surface area contributed by atoms with Gasteiger partial charge in [0.1, 0.15) is 5.75 Å². The van der Waals surface area contributed by atoms with E-state index < -0.39 is 0 Å². The molecule has 0 bridgehead atoms. The molecular weight excluding hydrogens is 444 g/mol. The summed E-state index contributed by atoms with van der Waals surface area (Å²) >= 11 is 1.66. The number of hydrogen-bond donors (Lipinski definition) is 0. The van der Waals surface area contributed by atoms with Crippen LogP contribution < -0.4 is 10.3 Å². The lowest BCUT2D eigenvalue weighted by Gasteiger charge is -2.42. The van der Waals surface area contributed by atoms with E-state index in [1.807, 2.05) is 24.3 Å². The Morgan fingerprint density at radius 1 is 1.06 bits per heavy atom. The van der Waals surface area contributed by atoms with Crippen LogP contribution in [0.3, 0.4) is 0 Å². The molecule has 1 fully saturated rings. The molecule has 1 saturated carbocycles. The van der Waals surface area contributed by atoms with E-state index in [-0.39, 0.29) is 11.0 Å². The van der Waals surface area contributed by atoms with Crippen LogP contribution in [0.5, 0.6) is 5.75 Å². The van der Waals surface area contributed by atoms with Crippen molar-refractivity contribution in [3.8, 4) is 22.7 Å². The van der Waals surface area contributed by atoms with E-state index >= 15 is 0 Å². The molecule has 2 aromatic carbocycles. The lowest BCUT2D eigenvalue weighted by Crippen LogP contribution is -2.43. The minimum Gasteiger partial charge on any atom is -0.497 e.